The van der Waals surface area contributed by atoms with E-state index >= 15 is 0 Å². The first-order valence-corrected chi connectivity index (χ1v) is 15.4. The number of hydrogen-bond donors (Lipinski definition) is 1. The maximum Gasteiger partial charge on any atom is 0.253 e. The monoisotopic (exact) mass is 563 g/mol. The van der Waals surface area contributed by atoms with E-state index in [1.54, 1.807) is 4.57 Å². The lowest BCUT2D eigenvalue weighted by molar-refractivity contribution is 0.0645. The standard InChI is InChI=1S/C34H49N3O4/c1-6-28(11-15-35-21-26(4)41-31-14-18-40-23-31)29-8-10-32(24(2)19-29)36-33(9-7-27-12-16-39-17-13-27)30-20-25(3)34(38)37(5)22-30/h8,10,19-20,22,27-28,31,35H,4,6-7,9,11-18,21,23H2,1-3,5H3/t28?,31-/m0/s1. The lowest BCUT2D eigenvalue weighted by Gasteiger charge is -2.22. The van der Waals surface area contributed by atoms with Crippen LogP contribution in [0.5, 0.6) is 0 Å². The van der Waals surface area contributed by atoms with Gasteiger partial charge in [-0.05, 0) is 94.0 Å². The lowest BCUT2D eigenvalue weighted by atomic mass is 9.91. The van der Waals surface area contributed by atoms with Gasteiger partial charge in [-0.25, -0.2) is 0 Å². The van der Waals surface area contributed by atoms with Gasteiger partial charge in [0.05, 0.1) is 25.4 Å². The van der Waals surface area contributed by atoms with Crippen LogP contribution in [0.3, 0.4) is 0 Å². The summed E-state index contributed by atoms with van der Waals surface area (Å²) in [5.41, 5.74) is 6.40. The van der Waals surface area contributed by atoms with Crippen LogP contribution in [-0.2, 0) is 21.3 Å². The molecule has 1 aromatic carbocycles. The number of nitrogens with zero attached hydrogens (tertiary/aromatic N) is 2. The molecular formula is C34H49N3O4. The summed E-state index contributed by atoms with van der Waals surface area (Å²) in [5.74, 6) is 1.91. The first-order valence-electron chi connectivity index (χ1n) is 15.4. The van der Waals surface area contributed by atoms with Crippen LogP contribution in [0, 0.1) is 19.8 Å². The van der Waals surface area contributed by atoms with E-state index in [0.717, 1.165) is 99.6 Å². The molecule has 41 heavy (non-hydrogen) atoms. The Labute approximate surface area is 246 Å². The van der Waals surface area contributed by atoms with Gasteiger partial charge in [-0.1, -0.05) is 25.6 Å². The average molecular weight is 564 g/mol. The number of aliphatic imine (C=N–C) groups is 1. The van der Waals surface area contributed by atoms with Crippen LogP contribution in [0.15, 0.2) is 52.6 Å². The van der Waals surface area contributed by atoms with E-state index in [0.29, 0.717) is 25.0 Å². The van der Waals surface area contributed by atoms with Crippen LogP contribution < -0.4 is 10.9 Å². The van der Waals surface area contributed by atoms with Crippen molar-refractivity contribution in [3.8, 4) is 0 Å². The molecule has 2 fully saturated rings. The van der Waals surface area contributed by atoms with Crippen LogP contribution >= 0.6 is 0 Å². The molecule has 2 aliphatic rings. The van der Waals surface area contributed by atoms with Gasteiger partial charge in [-0.15, -0.1) is 0 Å². The molecule has 1 aromatic heterocycles. The lowest BCUT2D eigenvalue weighted by Crippen LogP contribution is -2.23. The molecule has 1 unspecified atom stereocenters. The quantitative estimate of drug-likeness (QED) is 0.170. The van der Waals surface area contributed by atoms with Gasteiger partial charge >= 0.3 is 0 Å². The van der Waals surface area contributed by atoms with E-state index < -0.39 is 0 Å². The highest BCUT2D eigenvalue weighted by Crippen LogP contribution is 2.30. The summed E-state index contributed by atoms with van der Waals surface area (Å²) in [4.78, 5) is 17.6. The molecule has 7 heteroatoms. The normalized spacial score (nSPS) is 18.9. The summed E-state index contributed by atoms with van der Waals surface area (Å²) in [6.07, 6.45) is 9.33. The van der Waals surface area contributed by atoms with Gasteiger partial charge in [0.15, 0.2) is 0 Å². The third-order valence-electron chi connectivity index (χ3n) is 8.48. The number of rotatable bonds is 14. The number of pyridine rings is 1. The fraction of sp³-hybridized carbons (Fsp3) is 0.588. The van der Waals surface area contributed by atoms with Gasteiger partial charge in [0.25, 0.3) is 5.56 Å². The molecule has 2 aromatic rings. The second-order valence-electron chi connectivity index (χ2n) is 11.7. The molecule has 2 aliphatic heterocycles. The van der Waals surface area contributed by atoms with Crippen LogP contribution in [0.1, 0.15) is 80.0 Å². The fourth-order valence-electron chi connectivity index (χ4n) is 5.87. The predicted molar refractivity (Wildman–Crippen MR) is 167 cm³/mol. The van der Waals surface area contributed by atoms with Crippen molar-refractivity contribution in [3.63, 3.8) is 0 Å². The predicted octanol–water partition coefficient (Wildman–Crippen LogP) is 6.12. The molecule has 0 saturated carbocycles. The maximum atomic E-state index is 12.4. The van der Waals surface area contributed by atoms with Gasteiger partial charge in [0.1, 0.15) is 11.9 Å². The Morgan fingerprint density at radius 2 is 1.93 bits per heavy atom. The highest BCUT2D eigenvalue weighted by Gasteiger charge is 2.19. The van der Waals surface area contributed by atoms with Crippen LogP contribution in [0.2, 0.25) is 0 Å². The third kappa shape index (κ3) is 9.12. The SMILES string of the molecule is C=C(CNCCC(CC)c1ccc(N=C(CCC2CCOCC2)c2cc(C)c(=O)n(C)c2)c(C)c1)O[C@H]1CCOC1. The summed E-state index contributed by atoms with van der Waals surface area (Å²) >= 11 is 0. The first-order chi connectivity index (χ1) is 19.8. The van der Waals surface area contributed by atoms with Crippen LogP contribution in [0.25, 0.3) is 0 Å². The Balaban J connectivity index is 1.42. The fourth-order valence-corrected chi connectivity index (χ4v) is 5.87. The van der Waals surface area contributed by atoms with Crippen LogP contribution in [0.4, 0.5) is 5.69 Å². The molecular weight excluding hydrogens is 514 g/mol. The number of ether oxygens (including phenoxy) is 3. The van der Waals surface area contributed by atoms with Crippen molar-refractivity contribution in [1.82, 2.24) is 9.88 Å². The number of hydrogen-bond acceptors (Lipinski definition) is 6. The van der Waals surface area contributed by atoms with Gasteiger partial charge < -0.3 is 24.1 Å². The summed E-state index contributed by atoms with van der Waals surface area (Å²) in [7, 11) is 1.82. The zero-order valence-corrected chi connectivity index (χ0v) is 25.5. The molecule has 7 nitrogen and oxygen atoms in total. The Bertz CT molecular complexity index is 1210. The van der Waals surface area contributed by atoms with Gasteiger partial charge in [0.2, 0.25) is 0 Å². The van der Waals surface area contributed by atoms with Crippen molar-refractivity contribution in [3.05, 3.63) is 75.4 Å². The number of aryl methyl sites for hydroxylation is 3. The topological polar surface area (TPSA) is 74.1 Å². The third-order valence-corrected chi connectivity index (χ3v) is 8.48. The molecule has 1 N–H and O–H groups in total. The zero-order chi connectivity index (χ0) is 29.2. The molecule has 0 bridgehead atoms. The number of aromatic nitrogens is 1. The van der Waals surface area contributed by atoms with Gasteiger partial charge in [-0.2, -0.15) is 0 Å². The molecule has 0 amide bonds. The highest BCUT2D eigenvalue weighted by atomic mass is 16.5. The van der Waals surface area contributed by atoms with E-state index in [9.17, 15) is 4.79 Å². The van der Waals surface area contributed by atoms with Crippen molar-refractivity contribution in [2.24, 2.45) is 18.0 Å². The Morgan fingerprint density at radius 1 is 1.15 bits per heavy atom. The summed E-state index contributed by atoms with van der Waals surface area (Å²) in [5, 5.41) is 3.50. The summed E-state index contributed by atoms with van der Waals surface area (Å²) in [6, 6.07) is 8.71. The number of nitrogens with one attached hydrogen (secondary N) is 1. The minimum atomic E-state index is 0.0402. The molecule has 0 radical (unpaired) electrons. The average Bonchev–Trinajstić information content (AvgIpc) is 3.48. The summed E-state index contributed by atoms with van der Waals surface area (Å²) in [6.45, 7) is 15.1. The summed E-state index contributed by atoms with van der Waals surface area (Å²) < 4.78 is 18.5. The number of benzene rings is 1. The second-order valence-corrected chi connectivity index (χ2v) is 11.7. The molecule has 3 heterocycles. The largest absolute Gasteiger partial charge is 0.492 e. The van der Waals surface area contributed by atoms with E-state index in [-0.39, 0.29) is 11.7 Å². The van der Waals surface area contributed by atoms with E-state index in [4.69, 9.17) is 19.2 Å². The molecule has 0 spiro atoms. The minimum Gasteiger partial charge on any atom is -0.492 e. The highest BCUT2D eigenvalue weighted by molar-refractivity contribution is 6.02. The Kier molecular flexibility index (Phi) is 11.8. The molecule has 224 valence electrons. The van der Waals surface area contributed by atoms with E-state index in [1.807, 2.05) is 26.2 Å². The van der Waals surface area contributed by atoms with Crippen molar-refractivity contribution in [2.75, 3.05) is 39.5 Å². The van der Waals surface area contributed by atoms with Gasteiger partial charge in [-0.3, -0.25) is 9.79 Å². The Hall–Kier alpha value is -2.74. The van der Waals surface area contributed by atoms with Crippen molar-refractivity contribution >= 4 is 11.4 Å². The van der Waals surface area contributed by atoms with Crippen molar-refractivity contribution < 1.29 is 14.2 Å². The zero-order valence-electron chi connectivity index (χ0n) is 25.5. The molecule has 2 atom stereocenters. The Morgan fingerprint density at radius 3 is 2.61 bits per heavy atom. The van der Waals surface area contributed by atoms with Crippen molar-refractivity contribution in [2.45, 2.75) is 77.7 Å². The van der Waals surface area contributed by atoms with E-state index in [2.05, 4.69) is 43.9 Å². The van der Waals surface area contributed by atoms with Crippen LogP contribution in [-0.4, -0.2) is 55.9 Å². The second kappa shape index (κ2) is 15.5. The first kappa shape index (κ1) is 31.2. The van der Waals surface area contributed by atoms with Crippen molar-refractivity contribution in [1.29, 1.82) is 0 Å². The molecule has 4 rings (SSSR count). The smallest absolute Gasteiger partial charge is 0.253 e. The molecule has 2 saturated heterocycles. The van der Waals surface area contributed by atoms with Gasteiger partial charge in [0, 0.05) is 49.7 Å². The van der Waals surface area contributed by atoms with E-state index in [1.165, 1.54) is 11.1 Å². The molecule has 0 aliphatic carbocycles. The minimum absolute atomic E-state index is 0.0402. The maximum absolute atomic E-state index is 12.4.